The Morgan fingerprint density at radius 1 is 0.821 bits per heavy atom. The fourth-order valence-corrected chi connectivity index (χ4v) is 6.46. The smallest absolute Gasteiger partial charge is 0.329 e. The molecule has 1 N–H and O–H groups in total. The van der Waals surface area contributed by atoms with Crippen molar-refractivity contribution in [3.63, 3.8) is 0 Å². The summed E-state index contributed by atoms with van der Waals surface area (Å²) in [7, 11) is 0. The van der Waals surface area contributed by atoms with Crippen LogP contribution in [0.1, 0.15) is 58.3 Å². The third-order valence-corrected chi connectivity index (χ3v) is 8.11. The monoisotopic (exact) mass is 522 g/mol. The molecule has 39 heavy (non-hydrogen) atoms. The van der Waals surface area contributed by atoms with Crippen LogP contribution in [-0.2, 0) is 23.9 Å². The van der Waals surface area contributed by atoms with Crippen molar-refractivity contribution in [3.05, 3.63) is 101 Å². The molecule has 7 rings (SSSR count). The number of nitrogens with zero attached hydrogens (tertiary/aromatic N) is 1. The predicted octanol–water partition coefficient (Wildman–Crippen LogP) is 3.65. The largest absolute Gasteiger partial charge is 0.454 e. The second kappa shape index (κ2) is 9.31. The highest BCUT2D eigenvalue weighted by Crippen LogP contribution is 2.61. The van der Waals surface area contributed by atoms with Gasteiger partial charge in [-0.25, -0.2) is 4.79 Å². The van der Waals surface area contributed by atoms with Crippen LogP contribution in [0.2, 0.25) is 0 Å². The molecule has 1 fully saturated rings. The summed E-state index contributed by atoms with van der Waals surface area (Å²) < 4.78 is 5.21. The van der Waals surface area contributed by atoms with Crippen LogP contribution >= 0.6 is 0 Å². The number of hydrogen-bond donors (Lipinski definition) is 1. The van der Waals surface area contributed by atoms with Crippen LogP contribution in [0.4, 0.5) is 5.69 Å². The maximum atomic E-state index is 13.8. The minimum atomic E-state index is -1.19. The van der Waals surface area contributed by atoms with Crippen molar-refractivity contribution in [1.82, 2.24) is 4.90 Å². The van der Waals surface area contributed by atoms with E-state index in [0.717, 1.165) is 27.2 Å². The average Bonchev–Trinajstić information content (AvgIpc) is 3.21. The summed E-state index contributed by atoms with van der Waals surface area (Å²) >= 11 is 0. The van der Waals surface area contributed by atoms with Crippen molar-refractivity contribution in [2.75, 3.05) is 11.9 Å². The zero-order chi connectivity index (χ0) is 27.4. The van der Waals surface area contributed by atoms with E-state index >= 15 is 0 Å². The van der Waals surface area contributed by atoms with E-state index in [0.29, 0.717) is 11.3 Å². The maximum absolute atomic E-state index is 13.8. The van der Waals surface area contributed by atoms with Gasteiger partial charge in [-0.3, -0.25) is 24.1 Å². The summed E-state index contributed by atoms with van der Waals surface area (Å²) in [6.45, 7) is 2.27. The van der Waals surface area contributed by atoms with E-state index in [4.69, 9.17) is 4.74 Å². The number of Topliss-reactive ketones (excluding diaryl/α,β-unsaturated/α-hetero) is 1. The lowest BCUT2D eigenvalue weighted by Gasteiger charge is -2.45. The molecule has 1 aliphatic heterocycles. The van der Waals surface area contributed by atoms with Gasteiger partial charge in [-0.05, 0) is 48.2 Å². The number of nitrogens with one attached hydrogen (secondary N) is 1. The number of carbonyl (C=O) groups excluding carboxylic acids is 5. The van der Waals surface area contributed by atoms with Gasteiger partial charge in [-0.1, -0.05) is 60.7 Å². The van der Waals surface area contributed by atoms with Crippen LogP contribution in [0.25, 0.3) is 0 Å². The van der Waals surface area contributed by atoms with Crippen LogP contribution in [0, 0.1) is 11.8 Å². The number of likely N-dealkylation sites (tertiary alicyclic amines) is 1. The zero-order valence-corrected chi connectivity index (χ0v) is 21.4. The number of ether oxygens (including phenoxy) is 1. The van der Waals surface area contributed by atoms with Crippen LogP contribution in [-0.4, -0.2) is 47.0 Å². The third kappa shape index (κ3) is 3.86. The molecule has 0 spiro atoms. The summed E-state index contributed by atoms with van der Waals surface area (Å²) in [5, 5.41) is 2.58. The normalized spacial score (nSPS) is 23.0. The minimum Gasteiger partial charge on any atom is -0.454 e. The molecule has 3 aliphatic carbocycles. The number of rotatable bonds is 6. The summed E-state index contributed by atoms with van der Waals surface area (Å²) in [6, 6.07) is 21.0. The van der Waals surface area contributed by atoms with E-state index in [2.05, 4.69) is 5.32 Å². The Kier molecular flexibility index (Phi) is 5.90. The molecular formula is C31H26N2O6. The van der Waals surface area contributed by atoms with Gasteiger partial charge >= 0.3 is 5.97 Å². The van der Waals surface area contributed by atoms with Crippen LogP contribution < -0.4 is 5.32 Å². The highest BCUT2D eigenvalue weighted by atomic mass is 16.5. The summed E-state index contributed by atoms with van der Waals surface area (Å²) in [6.07, 6.45) is 0. The number of anilines is 1. The number of ketones is 1. The maximum Gasteiger partial charge on any atom is 0.329 e. The SMILES string of the molecule is CC(=O)c1cccc(NC(=O)COC(=O)[C@@H](C)N2C(=O)[C@@H]3C4c5ccccc5C(c5ccccc54)[C@@H]3C2=O)c1. The second-order valence-corrected chi connectivity index (χ2v) is 10.3. The van der Waals surface area contributed by atoms with E-state index < -0.39 is 36.4 Å². The molecule has 2 bridgehead atoms. The van der Waals surface area contributed by atoms with Crippen molar-refractivity contribution >= 4 is 35.2 Å². The minimum absolute atomic E-state index is 0.147. The number of imide groups is 1. The Bertz CT molecular complexity index is 1450. The molecule has 196 valence electrons. The Hall–Kier alpha value is -4.59. The van der Waals surface area contributed by atoms with Crippen LogP contribution in [0.5, 0.6) is 0 Å². The lowest BCUT2D eigenvalue weighted by molar-refractivity contribution is -0.159. The first-order valence-corrected chi connectivity index (χ1v) is 12.9. The van der Waals surface area contributed by atoms with Crippen molar-refractivity contribution in [2.45, 2.75) is 31.7 Å². The summed E-state index contributed by atoms with van der Waals surface area (Å²) in [5.74, 6) is -4.11. The number of esters is 1. The molecular weight excluding hydrogens is 496 g/mol. The predicted molar refractivity (Wildman–Crippen MR) is 141 cm³/mol. The van der Waals surface area contributed by atoms with Crippen LogP contribution in [0.15, 0.2) is 72.8 Å². The van der Waals surface area contributed by atoms with Gasteiger partial charge in [0.2, 0.25) is 11.8 Å². The standard InChI is InChI=1S/C31H26N2O6/c1-16(31(38)39-15-24(35)32-19-9-7-8-18(14-19)17(2)34)33-29(36)27-25-20-10-3-4-11-21(20)26(28(27)30(33)37)23-13-6-5-12-22(23)25/h3-14,16,25-28H,15H2,1-2H3,(H,32,35)/t16-,25?,26?,27-,28+/m1/s1. The lowest BCUT2D eigenvalue weighted by Crippen LogP contribution is -2.45. The first kappa shape index (κ1) is 24.7. The van der Waals surface area contributed by atoms with Gasteiger partial charge in [0.15, 0.2) is 12.4 Å². The van der Waals surface area contributed by atoms with Crippen molar-refractivity contribution < 1.29 is 28.7 Å². The van der Waals surface area contributed by atoms with E-state index in [1.54, 1.807) is 18.2 Å². The van der Waals surface area contributed by atoms with Crippen molar-refractivity contribution in [1.29, 1.82) is 0 Å². The lowest BCUT2D eigenvalue weighted by atomic mass is 9.55. The second-order valence-electron chi connectivity index (χ2n) is 10.3. The molecule has 3 aromatic carbocycles. The molecule has 1 saturated heterocycles. The quantitative estimate of drug-likeness (QED) is 0.301. The number of amides is 3. The Morgan fingerprint density at radius 3 is 1.82 bits per heavy atom. The fourth-order valence-electron chi connectivity index (χ4n) is 6.46. The molecule has 1 heterocycles. The average molecular weight is 523 g/mol. The van der Waals surface area contributed by atoms with E-state index in [1.165, 1.54) is 19.9 Å². The zero-order valence-electron chi connectivity index (χ0n) is 21.4. The van der Waals surface area contributed by atoms with E-state index in [1.807, 2.05) is 48.5 Å². The summed E-state index contributed by atoms with van der Waals surface area (Å²) in [4.78, 5) is 65.5. The van der Waals surface area contributed by atoms with Gasteiger partial charge < -0.3 is 10.1 Å². The van der Waals surface area contributed by atoms with E-state index in [-0.39, 0.29) is 29.4 Å². The summed E-state index contributed by atoms with van der Waals surface area (Å²) in [5.41, 5.74) is 5.01. The van der Waals surface area contributed by atoms with Crippen molar-refractivity contribution in [2.24, 2.45) is 11.8 Å². The first-order chi connectivity index (χ1) is 18.8. The van der Waals surface area contributed by atoms with E-state index in [9.17, 15) is 24.0 Å². The molecule has 0 aromatic heterocycles. The number of hydrogen-bond acceptors (Lipinski definition) is 6. The number of carbonyl (C=O) groups is 5. The molecule has 8 nitrogen and oxygen atoms in total. The Balaban J connectivity index is 1.19. The first-order valence-electron chi connectivity index (χ1n) is 12.9. The molecule has 0 radical (unpaired) electrons. The third-order valence-electron chi connectivity index (χ3n) is 8.11. The van der Waals surface area contributed by atoms with Crippen LogP contribution in [0.3, 0.4) is 0 Å². The molecule has 3 atom stereocenters. The Labute approximate surface area is 225 Å². The Morgan fingerprint density at radius 2 is 1.33 bits per heavy atom. The van der Waals surface area contributed by atoms with Gasteiger partial charge in [0.25, 0.3) is 5.91 Å². The molecule has 4 aliphatic rings. The van der Waals surface area contributed by atoms with Gasteiger partial charge in [0.05, 0.1) is 11.8 Å². The van der Waals surface area contributed by atoms with Gasteiger partial charge in [-0.15, -0.1) is 0 Å². The molecule has 3 aromatic rings. The van der Waals surface area contributed by atoms with Gasteiger partial charge in [0, 0.05) is 23.1 Å². The number of benzene rings is 3. The highest BCUT2D eigenvalue weighted by molar-refractivity contribution is 6.10. The molecule has 3 amide bonds. The van der Waals surface area contributed by atoms with Gasteiger partial charge in [-0.2, -0.15) is 0 Å². The van der Waals surface area contributed by atoms with Gasteiger partial charge in [0.1, 0.15) is 6.04 Å². The molecule has 8 heteroatoms. The molecule has 0 unspecified atom stereocenters. The fraction of sp³-hybridized carbons (Fsp3) is 0.258. The van der Waals surface area contributed by atoms with Crippen molar-refractivity contribution in [3.8, 4) is 0 Å². The topological polar surface area (TPSA) is 110 Å². The molecule has 0 saturated carbocycles. The highest BCUT2D eigenvalue weighted by Gasteiger charge is 2.62.